The number of rotatable bonds is 9. The maximum atomic E-state index is 12.1. The van der Waals surface area contributed by atoms with Gasteiger partial charge >= 0.3 is 5.97 Å². The van der Waals surface area contributed by atoms with E-state index in [4.69, 9.17) is 9.84 Å². The van der Waals surface area contributed by atoms with Gasteiger partial charge in [-0.1, -0.05) is 12.1 Å². The lowest BCUT2D eigenvalue weighted by atomic mass is 10.2. The first-order chi connectivity index (χ1) is 10.4. The number of nitrogens with zero attached hydrogens (tertiary/aromatic N) is 1. The van der Waals surface area contributed by atoms with Gasteiger partial charge in [-0.2, -0.15) is 0 Å². The second-order valence-corrected chi connectivity index (χ2v) is 5.59. The Labute approximate surface area is 131 Å². The molecule has 0 aliphatic rings. The molecule has 0 aliphatic heterocycles. The summed E-state index contributed by atoms with van der Waals surface area (Å²) in [5, 5.41) is 8.73. The lowest BCUT2D eigenvalue weighted by Gasteiger charge is -2.26. The molecule has 0 saturated heterocycles. The number of aliphatic carboxylic acids is 1. The summed E-state index contributed by atoms with van der Waals surface area (Å²) >= 11 is 0. The molecule has 122 valence electrons. The van der Waals surface area contributed by atoms with Crippen molar-refractivity contribution in [2.24, 2.45) is 0 Å². The summed E-state index contributed by atoms with van der Waals surface area (Å²) < 4.78 is 5.61. The molecule has 0 fully saturated rings. The normalized spacial score (nSPS) is 10.5. The van der Waals surface area contributed by atoms with Crippen LogP contribution in [0.15, 0.2) is 24.3 Å². The van der Waals surface area contributed by atoms with Crippen molar-refractivity contribution in [1.29, 1.82) is 0 Å². The zero-order valence-electron chi connectivity index (χ0n) is 13.5. The molecular formula is C17H25NO4. The molecule has 1 aromatic carbocycles. The molecule has 0 aromatic heterocycles. The van der Waals surface area contributed by atoms with Crippen LogP contribution in [-0.4, -0.2) is 41.1 Å². The van der Waals surface area contributed by atoms with E-state index in [1.54, 1.807) is 4.90 Å². The summed E-state index contributed by atoms with van der Waals surface area (Å²) in [5.74, 6) is -0.107. The number of carbonyl (C=O) groups excluding carboxylic acids is 1. The lowest BCUT2D eigenvalue weighted by molar-refractivity contribution is -0.139. The summed E-state index contributed by atoms with van der Waals surface area (Å²) in [6, 6.07) is 7.78. The largest absolute Gasteiger partial charge is 0.494 e. The van der Waals surface area contributed by atoms with Crippen molar-refractivity contribution in [1.82, 2.24) is 4.90 Å². The summed E-state index contributed by atoms with van der Waals surface area (Å²) in [5.41, 5.74) is 1.13. The Bertz CT molecular complexity index is 499. The van der Waals surface area contributed by atoms with Crippen LogP contribution in [0.3, 0.4) is 0 Å². The molecule has 0 spiro atoms. The fourth-order valence-electron chi connectivity index (χ4n) is 2.15. The highest BCUT2D eigenvalue weighted by molar-refractivity contribution is 5.77. The van der Waals surface area contributed by atoms with Gasteiger partial charge in [-0.3, -0.25) is 9.59 Å². The summed E-state index contributed by atoms with van der Waals surface area (Å²) in [6.07, 6.45) is 0.955. The van der Waals surface area contributed by atoms with E-state index in [0.717, 1.165) is 11.3 Å². The van der Waals surface area contributed by atoms with E-state index in [9.17, 15) is 9.59 Å². The average Bonchev–Trinajstić information content (AvgIpc) is 2.43. The average molecular weight is 307 g/mol. The molecule has 1 aromatic rings. The molecule has 0 radical (unpaired) electrons. The van der Waals surface area contributed by atoms with Crippen molar-refractivity contribution in [3.05, 3.63) is 29.8 Å². The van der Waals surface area contributed by atoms with Crippen LogP contribution in [-0.2, 0) is 9.59 Å². The van der Waals surface area contributed by atoms with Gasteiger partial charge in [0.2, 0.25) is 5.91 Å². The SMILES string of the molecule is Cc1cccc(OCCCC(=O)N(CCC(=O)O)C(C)C)c1. The van der Waals surface area contributed by atoms with Gasteiger partial charge in [-0.15, -0.1) is 0 Å². The molecule has 5 heteroatoms. The molecule has 0 aliphatic carbocycles. The summed E-state index contributed by atoms with van der Waals surface area (Å²) in [6.45, 7) is 6.51. The Morgan fingerprint density at radius 1 is 1.27 bits per heavy atom. The molecule has 1 N–H and O–H groups in total. The Morgan fingerprint density at radius 3 is 2.59 bits per heavy atom. The second kappa shape index (κ2) is 9.07. The number of hydrogen-bond acceptors (Lipinski definition) is 3. The topological polar surface area (TPSA) is 66.8 Å². The van der Waals surface area contributed by atoms with Gasteiger partial charge in [0.05, 0.1) is 13.0 Å². The molecule has 0 saturated carbocycles. The Kier molecular flexibility index (Phi) is 7.43. The van der Waals surface area contributed by atoms with E-state index in [0.29, 0.717) is 19.4 Å². The number of aryl methyl sites for hydroxylation is 1. The van der Waals surface area contributed by atoms with Crippen molar-refractivity contribution in [2.45, 2.75) is 46.1 Å². The van der Waals surface area contributed by atoms with Gasteiger partial charge in [-0.25, -0.2) is 0 Å². The van der Waals surface area contributed by atoms with Crippen LogP contribution < -0.4 is 4.74 Å². The van der Waals surface area contributed by atoms with Crippen molar-refractivity contribution in [3.8, 4) is 5.75 Å². The van der Waals surface area contributed by atoms with Crippen LogP contribution in [0.4, 0.5) is 0 Å². The fourth-order valence-corrected chi connectivity index (χ4v) is 2.15. The maximum Gasteiger partial charge on any atom is 0.305 e. The van der Waals surface area contributed by atoms with Crippen molar-refractivity contribution >= 4 is 11.9 Å². The number of carboxylic acid groups (broad SMARTS) is 1. The van der Waals surface area contributed by atoms with Crippen LogP contribution in [0, 0.1) is 6.92 Å². The molecule has 0 heterocycles. The van der Waals surface area contributed by atoms with E-state index >= 15 is 0 Å². The Morgan fingerprint density at radius 2 is 2.00 bits per heavy atom. The standard InChI is InChI=1S/C17H25NO4/c1-13(2)18(10-9-17(20)21)16(19)8-5-11-22-15-7-4-6-14(3)12-15/h4,6-7,12-13H,5,8-11H2,1-3H3,(H,20,21). The first-order valence-electron chi connectivity index (χ1n) is 7.61. The second-order valence-electron chi connectivity index (χ2n) is 5.59. The van der Waals surface area contributed by atoms with Crippen LogP contribution in [0.5, 0.6) is 5.75 Å². The minimum atomic E-state index is -0.888. The van der Waals surface area contributed by atoms with Gasteiger partial charge in [0, 0.05) is 19.0 Å². The Hall–Kier alpha value is -2.04. The first-order valence-corrected chi connectivity index (χ1v) is 7.61. The number of ether oxygens (including phenoxy) is 1. The number of amides is 1. The van der Waals surface area contributed by atoms with Crippen LogP contribution >= 0.6 is 0 Å². The highest BCUT2D eigenvalue weighted by atomic mass is 16.5. The van der Waals surface area contributed by atoms with E-state index in [1.807, 2.05) is 45.0 Å². The number of carboxylic acids is 1. The van der Waals surface area contributed by atoms with E-state index in [-0.39, 0.29) is 24.9 Å². The molecule has 0 unspecified atom stereocenters. The summed E-state index contributed by atoms with van der Waals surface area (Å²) in [4.78, 5) is 24.4. The number of benzene rings is 1. The van der Waals surface area contributed by atoms with Gasteiger partial charge in [0.1, 0.15) is 5.75 Å². The van der Waals surface area contributed by atoms with E-state index in [1.165, 1.54) is 0 Å². The number of carbonyl (C=O) groups is 2. The minimum absolute atomic E-state index is 0.00420. The molecule has 1 amide bonds. The zero-order chi connectivity index (χ0) is 16.5. The quantitative estimate of drug-likeness (QED) is 0.712. The highest BCUT2D eigenvalue weighted by Crippen LogP contribution is 2.13. The minimum Gasteiger partial charge on any atom is -0.494 e. The zero-order valence-corrected chi connectivity index (χ0v) is 13.5. The lowest BCUT2D eigenvalue weighted by Crippen LogP contribution is -2.38. The van der Waals surface area contributed by atoms with Gasteiger partial charge in [-0.05, 0) is 44.9 Å². The smallest absolute Gasteiger partial charge is 0.305 e. The van der Waals surface area contributed by atoms with Crippen LogP contribution in [0.1, 0.15) is 38.7 Å². The Balaban J connectivity index is 2.35. The van der Waals surface area contributed by atoms with Crippen molar-refractivity contribution < 1.29 is 19.4 Å². The van der Waals surface area contributed by atoms with Gasteiger partial charge < -0.3 is 14.7 Å². The van der Waals surface area contributed by atoms with Crippen molar-refractivity contribution in [3.63, 3.8) is 0 Å². The van der Waals surface area contributed by atoms with Crippen molar-refractivity contribution in [2.75, 3.05) is 13.2 Å². The molecular weight excluding hydrogens is 282 g/mol. The predicted octanol–water partition coefficient (Wildman–Crippen LogP) is 2.87. The molecule has 0 atom stereocenters. The predicted molar refractivity (Wildman–Crippen MR) is 85.0 cm³/mol. The third-order valence-electron chi connectivity index (χ3n) is 3.30. The van der Waals surface area contributed by atoms with Gasteiger partial charge in [0.25, 0.3) is 0 Å². The molecule has 5 nitrogen and oxygen atoms in total. The first kappa shape index (κ1) is 18.0. The van der Waals surface area contributed by atoms with Crippen LogP contribution in [0.2, 0.25) is 0 Å². The monoisotopic (exact) mass is 307 g/mol. The molecule has 22 heavy (non-hydrogen) atoms. The fraction of sp³-hybridized carbons (Fsp3) is 0.529. The third-order valence-corrected chi connectivity index (χ3v) is 3.30. The molecule has 1 rings (SSSR count). The third kappa shape index (κ3) is 6.61. The molecule has 0 bridgehead atoms. The number of hydrogen-bond donors (Lipinski definition) is 1. The van der Waals surface area contributed by atoms with Gasteiger partial charge in [0.15, 0.2) is 0 Å². The van der Waals surface area contributed by atoms with Crippen LogP contribution in [0.25, 0.3) is 0 Å². The van der Waals surface area contributed by atoms with E-state index in [2.05, 4.69) is 0 Å². The maximum absolute atomic E-state index is 12.1. The van der Waals surface area contributed by atoms with E-state index < -0.39 is 5.97 Å². The summed E-state index contributed by atoms with van der Waals surface area (Å²) in [7, 11) is 0. The highest BCUT2D eigenvalue weighted by Gasteiger charge is 2.17.